The molecule has 0 aromatic carbocycles. The fourth-order valence-corrected chi connectivity index (χ4v) is 1.38. The molecule has 96 valence electrons. The second kappa shape index (κ2) is 4.48. The third kappa shape index (κ3) is 3.06. The summed E-state index contributed by atoms with van der Waals surface area (Å²) in [5.74, 6) is 0.159. The highest BCUT2D eigenvalue weighted by Gasteiger charge is 2.30. The molecule has 0 aliphatic rings. The first-order chi connectivity index (χ1) is 7.65. The maximum Gasteiger partial charge on any atom is 0.293 e. The maximum atomic E-state index is 11.6. The highest BCUT2D eigenvalue weighted by atomic mass is 32.2. The van der Waals surface area contributed by atoms with E-state index < -0.39 is 14.6 Å². The van der Waals surface area contributed by atoms with Gasteiger partial charge in [-0.25, -0.2) is 13.4 Å². The van der Waals surface area contributed by atoms with Crippen molar-refractivity contribution >= 4 is 15.7 Å². The zero-order chi connectivity index (χ0) is 13.3. The molecule has 0 atom stereocenters. The van der Waals surface area contributed by atoms with Crippen LogP contribution in [0.4, 0.5) is 5.82 Å². The van der Waals surface area contributed by atoms with Crippen LogP contribution in [0, 0.1) is 0 Å². The number of sulfone groups is 1. The minimum absolute atomic E-state index is 0.137. The molecule has 1 aromatic heterocycles. The molecular weight excluding hydrogens is 242 g/mol. The fourth-order valence-electron chi connectivity index (χ4n) is 1.05. The lowest BCUT2D eigenvalue weighted by atomic mass is 10.2. The van der Waals surface area contributed by atoms with Crippen molar-refractivity contribution in [3.05, 3.63) is 22.7 Å². The van der Waals surface area contributed by atoms with Crippen LogP contribution in [-0.2, 0) is 16.9 Å². The summed E-state index contributed by atoms with van der Waals surface area (Å²) in [4.78, 5) is 15.5. The average Bonchev–Trinajstić information content (AvgIpc) is 2.18. The van der Waals surface area contributed by atoms with E-state index in [1.807, 2.05) is 0 Å². The van der Waals surface area contributed by atoms with Gasteiger partial charge in [0.15, 0.2) is 15.7 Å². The summed E-state index contributed by atoms with van der Waals surface area (Å²) in [6, 6.07) is 0. The summed E-state index contributed by atoms with van der Waals surface area (Å²) in [5, 5.41) is 2.78. The van der Waals surface area contributed by atoms with Gasteiger partial charge in [0.1, 0.15) is 0 Å². The Hall–Kier alpha value is -1.37. The average molecular weight is 259 g/mol. The summed E-state index contributed by atoms with van der Waals surface area (Å²) >= 11 is 0. The van der Waals surface area contributed by atoms with Crippen molar-refractivity contribution in [3.63, 3.8) is 0 Å². The van der Waals surface area contributed by atoms with Crippen LogP contribution in [0.15, 0.2) is 17.2 Å². The minimum Gasteiger partial charge on any atom is -0.364 e. The van der Waals surface area contributed by atoms with Crippen LogP contribution in [0.3, 0.4) is 0 Å². The predicted octanol–water partition coefficient (Wildman–Crippen LogP) is 0.0154. The van der Waals surface area contributed by atoms with Crippen molar-refractivity contribution in [1.82, 2.24) is 9.55 Å². The highest BCUT2D eigenvalue weighted by Crippen LogP contribution is 2.14. The number of hydrogen-bond acceptors (Lipinski definition) is 5. The molecule has 1 N–H and O–H groups in total. The zero-order valence-corrected chi connectivity index (χ0v) is 11.2. The lowest BCUT2D eigenvalue weighted by molar-refractivity contribution is 0.559. The summed E-state index contributed by atoms with van der Waals surface area (Å²) in [7, 11) is -1.59. The van der Waals surface area contributed by atoms with Crippen LogP contribution < -0.4 is 10.9 Å². The molecule has 1 rings (SSSR count). The Morgan fingerprint density at radius 2 is 2.06 bits per heavy atom. The molecule has 17 heavy (non-hydrogen) atoms. The topological polar surface area (TPSA) is 81.1 Å². The third-order valence-corrected chi connectivity index (χ3v) is 4.85. The van der Waals surface area contributed by atoms with Gasteiger partial charge in [-0.1, -0.05) is 0 Å². The lowest BCUT2D eigenvalue weighted by Crippen LogP contribution is -2.39. The molecule has 0 unspecified atom stereocenters. The van der Waals surface area contributed by atoms with Gasteiger partial charge in [-0.3, -0.25) is 4.79 Å². The Morgan fingerprint density at radius 1 is 1.47 bits per heavy atom. The van der Waals surface area contributed by atoms with Crippen LogP contribution >= 0.6 is 0 Å². The van der Waals surface area contributed by atoms with Crippen molar-refractivity contribution in [2.45, 2.75) is 18.6 Å². The number of anilines is 1. The number of aromatic nitrogens is 2. The van der Waals surface area contributed by atoms with E-state index in [0.29, 0.717) is 0 Å². The van der Waals surface area contributed by atoms with Crippen LogP contribution in [0.5, 0.6) is 0 Å². The van der Waals surface area contributed by atoms with Crippen molar-refractivity contribution in [3.8, 4) is 0 Å². The number of hydrogen-bond donors (Lipinski definition) is 1. The standard InChI is InChI=1S/C10H17N3O3S/c1-10(2,17(4,15)16)7-12-8-9(14)13(3)6-5-11-8/h5-6H,7H2,1-4H3,(H,11,12). The molecule has 1 aromatic rings. The number of aryl methyl sites for hydroxylation is 1. The predicted molar refractivity (Wildman–Crippen MR) is 66.9 cm³/mol. The van der Waals surface area contributed by atoms with E-state index in [-0.39, 0.29) is 17.9 Å². The fraction of sp³-hybridized carbons (Fsp3) is 0.600. The molecule has 0 spiro atoms. The van der Waals surface area contributed by atoms with E-state index >= 15 is 0 Å². The van der Waals surface area contributed by atoms with Gasteiger partial charge < -0.3 is 9.88 Å². The molecule has 0 saturated carbocycles. The first kappa shape index (κ1) is 13.7. The van der Waals surface area contributed by atoms with E-state index in [0.717, 1.165) is 0 Å². The van der Waals surface area contributed by atoms with Gasteiger partial charge in [0.05, 0.1) is 4.75 Å². The van der Waals surface area contributed by atoms with Gasteiger partial charge in [0.2, 0.25) is 0 Å². The Balaban J connectivity index is 2.89. The number of rotatable bonds is 4. The summed E-state index contributed by atoms with van der Waals surface area (Å²) in [6.07, 6.45) is 4.19. The lowest BCUT2D eigenvalue weighted by Gasteiger charge is -2.22. The highest BCUT2D eigenvalue weighted by molar-refractivity contribution is 7.92. The van der Waals surface area contributed by atoms with E-state index in [1.54, 1.807) is 20.9 Å². The Labute approximate surface area is 101 Å². The van der Waals surface area contributed by atoms with Crippen LogP contribution in [-0.4, -0.2) is 35.5 Å². The molecule has 7 heteroatoms. The summed E-state index contributed by atoms with van der Waals surface area (Å²) in [6.45, 7) is 3.34. The molecule has 0 amide bonds. The number of nitrogens with zero attached hydrogens (tertiary/aromatic N) is 2. The Morgan fingerprint density at radius 3 is 2.59 bits per heavy atom. The second-order valence-corrected chi connectivity index (χ2v) is 7.23. The van der Waals surface area contributed by atoms with Gasteiger partial charge in [-0.05, 0) is 13.8 Å². The van der Waals surface area contributed by atoms with Crippen molar-refractivity contribution in [2.75, 3.05) is 18.1 Å². The molecular formula is C10H17N3O3S. The maximum absolute atomic E-state index is 11.6. The third-order valence-electron chi connectivity index (χ3n) is 2.70. The molecule has 1 heterocycles. The Bertz CT molecular complexity index is 560. The van der Waals surface area contributed by atoms with Crippen molar-refractivity contribution in [2.24, 2.45) is 7.05 Å². The molecule has 0 bridgehead atoms. The monoisotopic (exact) mass is 259 g/mol. The largest absolute Gasteiger partial charge is 0.364 e. The van der Waals surface area contributed by atoms with Gasteiger partial charge in [0.25, 0.3) is 5.56 Å². The Kier molecular flexibility index (Phi) is 3.61. The molecule has 0 aliphatic heterocycles. The number of nitrogens with one attached hydrogen (secondary N) is 1. The second-order valence-electron chi connectivity index (χ2n) is 4.58. The van der Waals surface area contributed by atoms with Gasteiger partial charge >= 0.3 is 0 Å². The van der Waals surface area contributed by atoms with E-state index in [9.17, 15) is 13.2 Å². The quantitative estimate of drug-likeness (QED) is 0.824. The molecule has 0 fully saturated rings. The smallest absolute Gasteiger partial charge is 0.293 e. The van der Waals surface area contributed by atoms with E-state index in [4.69, 9.17) is 0 Å². The van der Waals surface area contributed by atoms with Crippen LogP contribution in [0.25, 0.3) is 0 Å². The van der Waals surface area contributed by atoms with Gasteiger partial charge in [-0.2, -0.15) is 0 Å². The normalized spacial score (nSPS) is 12.5. The van der Waals surface area contributed by atoms with E-state index in [2.05, 4.69) is 10.3 Å². The summed E-state index contributed by atoms with van der Waals surface area (Å²) in [5.41, 5.74) is -0.281. The SMILES string of the molecule is Cn1ccnc(NCC(C)(C)S(C)(=O)=O)c1=O. The van der Waals surface area contributed by atoms with Crippen molar-refractivity contribution in [1.29, 1.82) is 0 Å². The van der Waals surface area contributed by atoms with E-state index in [1.165, 1.54) is 23.2 Å². The molecule has 0 saturated heterocycles. The van der Waals surface area contributed by atoms with Crippen LogP contribution in [0.1, 0.15) is 13.8 Å². The minimum atomic E-state index is -3.19. The molecule has 0 aliphatic carbocycles. The van der Waals surface area contributed by atoms with Crippen molar-refractivity contribution < 1.29 is 8.42 Å². The van der Waals surface area contributed by atoms with Gasteiger partial charge in [0, 0.05) is 32.2 Å². The first-order valence-electron chi connectivity index (χ1n) is 5.10. The molecule has 0 radical (unpaired) electrons. The van der Waals surface area contributed by atoms with Crippen LogP contribution in [0.2, 0.25) is 0 Å². The van der Waals surface area contributed by atoms with Gasteiger partial charge in [-0.15, -0.1) is 0 Å². The summed E-state index contributed by atoms with van der Waals surface area (Å²) < 4.78 is 23.4. The first-order valence-corrected chi connectivity index (χ1v) is 6.99. The zero-order valence-electron chi connectivity index (χ0n) is 10.4. The molecule has 6 nitrogen and oxygen atoms in total.